The van der Waals surface area contributed by atoms with Crippen LogP contribution in [0.1, 0.15) is 49.6 Å². The van der Waals surface area contributed by atoms with Gasteiger partial charge in [-0.05, 0) is 68.5 Å². The van der Waals surface area contributed by atoms with Gasteiger partial charge in [-0.2, -0.15) is 4.98 Å². The number of rotatable bonds is 1. The highest BCUT2D eigenvalue weighted by Crippen LogP contribution is 2.44. The van der Waals surface area contributed by atoms with E-state index in [0.717, 1.165) is 30.1 Å². The molecule has 2 aliphatic rings. The summed E-state index contributed by atoms with van der Waals surface area (Å²) in [6, 6.07) is 12.4. The fourth-order valence-electron chi connectivity index (χ4n) is 4.66. The molecular weight excluding hydrogens is 358 g/mol. The molecule has 0 aliphatic carbocycles. The van der Waals surface area contributed by atoms with Crippen LogP contribution in [0.25, 0.3) is 16.6 Å². The van der Waals surface area contributed by atoms with Crippen LogP contribution in [0.4, 0.5) is 0 Å². The highest BCUT2D eigenvalue weighted by Gasteiger charge is 2.39. The van der Waals surface area contributed by atoms with E-state index < -0.39 is 0 Å². The molecule has 0 spiro atoms. The maximum atomic E-state index is 12.7. The zero-order chi connectivity index (χ0) is 18.8. The number of nitrogens with one attached hydrogen (secondary N) is 1. The molecule has 138 valence electrons. The fraction of sp³-hybridized carbons (Fsp3) is 0.364. The molecule has 4 nitrogen and oxygen atoms in total. The molecule has 1 N–H and O–H groups in total. The summed E-state index contributed by atoms with van der Waals surface area (Å²) in [6.45, 7) is 6.39. The van der Waals surface area contributed by atoms with Crippen molar-refractivity contribution in [2.24, 2.45) is 0 Å². The van der Waals surface area contributed by atoms with Crippen LogP contribution >= 0.6 is 11.6 Å². The van der Waals surface area contributed by atoms with E-state index in [-0.39, 0.29) is 11.0 Å². The molecule has 5 rings (SSSR count). The molecule has 1 fully saturated rings. The summed E-state index contributed by atoms with van der Waals surface area (Å²) in [5, 5.41) is 4.46. The molecule has 0 amide bonds. The zero-order valence-corrected chi connectivity index (χ0v) is 16.3. The molecule has 1 unspecified atom stereocenters. The summed E-state index contributed by atoms with van der Waals surface area (Å²) in [6.07, 6.45) is 2.41. The molecule has 5 heteroatoms. The minimum Gasteiger partial charge on any atom is -0.316 e. The summed E-state index contributed by atoms with van der Waals surface area (Å²) < 4.78 is 2.14. The maximum Gasteiger partial charge on any atom is 0.282 e. The first-order valence-corrected chi connectivity index (χ1v) is 9.93. The lowest BCUT2D eigenvalue weighted by Gasteiger charge is -2.24. The summed E-state index contributed by atoms with van der Waals surface area (Å²) in [5.74, 6) is 1.31. The predicted octanol–water partition coefficient (Wildman–Crippen LogP) is 4.15. The van der Waals surface area contributed by atoms with Crippen LogP contribution in [0.15, 0.2) is 41.2 Å². The first-order valence-electron chi connectivity index (χ1n) is 9.56. The minimum absolute atomic E-state index is 0.251. The van der Waals surface area contributed by atoms with Gasteiger partial charge in [-0.1, -0.05) is 29.8 Å². The first-order chi connectivity index (χ1) is 13.0. The highest BCUT2D eigenvalue weighted by molar-refractivity contribution is 6.35. The van der Waals surface area contributed by atoms with Crippen molar-refractivity contribution in [3.05, 3.63) is 68.7 Å². The number of benzene rings is 2. The number of hydrogen-bond acceptors (Lipinski definition) is 3. The van der Waals surface area contributed by atoms with Crippen LogP contribution in [-0.2, 0) is 5.41 Å². The van der Waals surface area contributed by atoms with E-state index in [4.69, 9.17) is 11.6 Å². The summed E-state index contributed by atoms with van der Waals surface area (Å²) >= 11 is 6.35. The number of aromatic nitrogens is 2. The van der Waals surface area contributed by atoms with Crippen molar-refractivity contribution in [1.82, 2.24) is 14.9 Å². The van der Waals surface area contributed by atoms with Gasteiger partial charge in [0.2, 0.25) is 0 Å². The number of fused-ring (bicyclic) bond motifs is 5. The lowest BCUT2D eigenvalue weighted by Crippen LogP contribution is -2.28. The number of nitrogens with zero attached hydrogens (tertiary/aromatic N) is 2. The number of halogens is 1. The maximum absolute atomic E-state index is 12.7. The van der Waals surface area contributed by atoms with Crippen molar-refractivity contribution in [3.63, 3.8) is 0 Å². The molecule has 0 bridgehead atoms. The largest absolute Gasteiger partial charge is 0.316 e. The Morgan fingerprint density at radius 2 is 2.11 bits per heavy atom. The predicted molar refractivity (Wildman–Crippen MR) is 109 cm³/mol. The summed E-state index contributed by atoms with van der Waals surface area (Å²) in [4.78, 5) is 17.2. The van der Waals surface area contributed by atoms with Crippen LogP contribution in [0, 0.1) is 0 Å². The molecular formula is C22H22ClN3O. The standard InChI is InChI=1S/C22H22ClN3O/c1-22(2)15-9-8-13(14-5-4-10-24-12-14)11-18(15)26-17-7-3-6-16(23)19(17)20(27)25-21(22)26/h3,6-9,11,14,24H,4-5,10,12H2,1-2H3. The zero-order valence-electron chi connectivity index (χ0n) is 15.6. The summed E-state index contributed by atoms with van der Waals surface area (Å²) in [5.41, 5.74) is 3.93. The van der Waals surface area contributed by atoms with Crippen molar-refractivity contribution in [3.8, 4) is 5.69 Å². The lowest BCUT2D eigenvalue weighted by molar-refractivity contribution is 0.461. The average Bonchev–Trinajstić information content (AvgIpc) is 2.89. The molecule has 1 aromatic heterocycles. The van der Waals surface area contributed by atoms with Gasteiger partial charge in [0.1, 0.15) is 5.82 Å². The van der Waals surface area contributed by atoms with Crippen molar-refractivity contribution in [1.29, 1.82) is 0 Å². The van der Waals surface area contributed by atoms with Gasteiger partial charge in [-0.15, -0.1) is 0 Å². The third-order valence-electron chi connectivity index (χ3n) is 6.13. The molecule has 1 saturated heterocycles. The molecule has 2 aromatic carbocycles. The van der Waals surface area contributed by atoms with Gasteiger partial charge in [0.15, 0.2) is 0 Å². The van der Waals surface area contributed by atoms with Crippen LogP contribution in [-0.4, -0.2) is 22.6 Å². The monoisotopic (exact) mass is 379 g/mol. The minimum atomic E-state index is -0.325. The second kappa shape index (κ2) is 5.91. The van der Waals surface area contributed by atoms with E-state index in [1.54, 1.807) is 6.07 Å². The van der Waals surface area contributed by atoms with Crippen LogP contribution in [0.5, 0.6) is 0 Å². The number of piperidine rings is 1. The van der Waals surface area contributed by atoms with Crippen molar-refractivity contribution < 1.29 is 0 Å². The quantitative estimate of drug-likeness (QED) is 0.691. The molecule has 3 heterocycles. The van der Waals surface area contributed by atoms with Crippen LogP contribution in [0.3, 0.4) is 0 Å². The van der Waals surface area contributed by atoms with Crippen LogP contribution < -0.4 is 10.9 Å². The molecule has 2 aliphatic heterocycles. The molecule has 0 saturated carbocycles. The average molecular weight is 380 g/mol. The Bertz CT molecular complexity index is 1130. The fourth-order valence-corrected chi connectivity index (χ4v) is 4.91. The van der Waals surface area contributed by atoms with E-state index >= 15 is 0 Å². The first kappa shape index (κ1) is 17.0. The van der Waals surface area contributed by atoms with Gasteiger partial charge in [-0.25, -0.2) is 0 Å². The molecule has 3 aromatic rings. The second-order valence-corrected chi connectivity index (χ2v) is 8.56. The SMILES string of the molecule is CC1(C)c2ccc(C3CCCNC3)cc2-n2c1nc(=O)c1c(Cl)cccc12. The van der Waals surface area contributed by atoms with Gasteiger partial charge in [0, 0.05) is 6.54 Å². The Morgan fingerprint density at radius 1 is 1.26 bits per heavy atom. The van der Waals surface area contributed by atoms with E-state index in [1.807, 2.05) is 12.1 Å². The Kier molecular flexibility index (Phi) is 3.72. The highest BCUT2D eigenvalue weighted by atomic mass is 35.5. The van der Waals surface area contributed by atoms with Crippen molar-refractivity contribution in [2.45, 2.75) is 38.0 Å². The Hall–Kier alpha value is -2.17. The van der Waals surface area contributed by atoms with Gasteiger partial charge < -0.3 is 5.32 Å². The van der Waals surface area contributed by atoms with E-state index in [2.05, 4.69) is 46.9 Å². The van der Waals surface area contributed by atoms with Crippen LogP contribution in [0.2, 0.25) is 5.02 Å². The van der Waals surface area contributed by atoms with E-state index in [0.29, 0.717) is 16.3 Å². The lowest BCUT2D eigenvalue weighted by atomic mass is 9.83. The van der Waals surface area contributed by atoms with E-state index in [1.165, 1.54) is 24.0 Å². The molecule has 27 heavy (non-hydrogen) atoms. The van der Waals surface area contributed by atoms with Gasteiger partial charge in [0.05, 0.1) is 27.0 Å². The Morgan fingerprint density at radius 3 is 2.89 bits per heavy atom. The molecule has 0 radical (unpaired) electrons. The van der Waals surface area contributed by atoms with Gasteiger partial charge in [-0.3, -0.25) is 9.36 Å². The van der Waals surface area contributed by atoms with Gasteiger partial charge in [0.25, 0.3) is 5.56 Å². The topological polar surface area (TPSA) is 46.9 Å². The smallest absolute Gasteiger partial charge is 0.282 e. The van der Waals surface area contributed by atoms with Crippen molar-refractivity contribution in [2.75, 3.05) is 13.1 Å². The van der Waals surface area contributed by atoms with E-state index in [9.17, 15) is 4.79 Å². The Labute approximate surface area is 163 Å². The Balaban J connectivity index is 1.81. The van der Waals surface area contributed by atoms with Gasteiger partial charge >= 0.3 is 0 Å². The van der Waals surface area contributed by atoms with Crippen molar-refractivity contribution >= 4 is 22.5 Å². The second-order valence-electron chi connectivity index (χ2n) is 8.15. The normalized spacial score (nSPS) is 20.5. The third-order valence-corrected chi connectivity index (χ3v) is 6.44. The number of hydrogen-bond donors (Lipinski definition) is 1. The summed E-state index contributed by atoms with van der Waals surface area (Å²) in [7, 11) is 0. The molecule has 1 atom stereocenters. The third kappa shape index (κ3) is 2.40.